The molecule has 2 aromatic heterocycles. The van der Waals surface area contributed by atoms with E-state index < -0.39 is 23.7 Å². The average Bonchev–Trinajstić information content (AvgIpc) is 3.73. The molecule has 2 fully saturated rings. The molecular formula is C39H50F3N9O9. The molecule has 3 atom stereocenters. The van der Waals surface area contributed by atoms with E-state index in [9.17, 15) is 37.1 Å². The molecule has 21 heteroatoms. The van der Waals surface area contributed by atoms with Crippen LogP contribution in [0.15, 0.2) is 49.1 Å². The lowest BCUT2D eigenvalue weighted by molar-refractivity contribution is -0.137. The van der Waals surface area contributed by atoms with Gasteiger partial charge in [-0.1, -0.05) is 6.07 Å². The van der Waals surface area contributed by atoms with Crippen molar-refractivity contribution < 1.29 is 56.1 Å². The number of ether oxygens (including phenoxy) is 4. The molecular weight excluding hydrogens is 795 g/mol. The predicted octanol–water partition coefficient (Wildman–Crippen LogP) is 1.08. The van der Waals surface area contributed by atoms with Crippen molar-refractivity contribution in [1.29, 1.82) is 0 Å². The minimum Gasteiger partial charge on any atom is -0.379 e. The molecule has 0 radical (unpaired) electrons. The number of carbonyl (C=O) groups excluding carboxylic acids is 5. The number of nitrogens with zero attached hydrogens (tertiary/aromatic N) is 5. The molecule has 0 bridgehead atoms. The van der Waals surface area contributed by atoms with E-state index in [4.69, 9.17) is 18.9 Å². The fourth-order valence-corrected chi connectivity index (χ4v) is 6.70. The number of alkyl halides is 3. The van der Waals surface area contributed by atoms with Crippen molar-refractivity contribution >= 4 is 46.3 Å². The Balaban J connectivity index is 0.810. The highest BCUT2D eigenvalue weighted by Crippen LogP contribution is 2.37. The van der Waals surface area contributed by atoms with Crippen LogP contribution in [0.4, 0.5) is 19.0 Å². The molecule has 0 unspecified atom stereocenters. The third kappa shape index (κ3) is 13.5. The van der Waals surface area contributed by atoms with Gasteiger partial charge >= 0.3 is 6.18 Å². The van der Waals surface area contributed by atoms with Crippen molar-refractivity contribution in [2.45, 2.75) is 37.5 Å². The molecule has 0 saturated carbocycles. The Labute approximate surface area is 344 Å². The van der Waals surface area contributed by atoms with E-state index in [-0.39, 0.29) is 139 Å². The second kappa shape index (κ2) is 22.7. The maximum atomic E-state index is 13.3. The van der Waals surface area contributed by atoms with Crippen molar-refractivity contribution in [3.05, 3.63) is 60.2 Å². The third-order valence-corrected chi connectivity index (χ3v) is 9.79. The molecule has 4 heterocycles. The number of anilines is 1. The van der Waals surface area contributed by atoms with E-state index in [1.54, 1.807) is 35.3 Å². The van der Waals surface area contributed by atoms with Crippen LogP contribution >= 0.6 is 0 Å². The van der Waals surface area contributed by atoms with Crippen molar-refractivity contribution in [3.8, 4) is 0 Å². The number of carbonyl (C=O) groups is 5. The summed E-state index contributed by atoms with van der Waals surface area (Å²) in [5, 5.41) is 11.3. The summed E-state index contributed by atoms with van der Waals surface area (Å²) in [4.78, 5) is 77.5. The number of nitrogens with one attached hydrogen (secondary N) is 4. The zero-order valence-corrected chi connectivity index (χ0v) is 33.2. The van der Waals surface area contributed by atoms with Gasteiger partial charge in [-0.2, -0.15) is 13.2 Å². The zero-order valence-electron chi connectivity index (χ0n) is 33.2. The molecule has 3 aromatic rings. The summed E-state index contributed by atoms with van der Waals surface area (Å²) in [6, 6.07) is 5.72. The summed E-state index contributed by atoms with van der Waals surface area (Å²) in [6.45, 7) is 2.78. The summed E-state index contributed by atoms with van der Waals surface area (Å²) in [5.74, 6) is -1.54. The zero-order chi connectivity index (χ0) is 42.9. The standard InChI is InChI=1S/C39H50F3N9O9/c1-50-34(54)22-29(35(50)26-3-2-8-43-23-26)37(55)46-11-16-59-18-17-57-14-7-32(52)45-10-15-58-19-20-60-24-33(53)44-9-13-51-12-6-31(38(51)56)49-36-28-21-27(39(40,41)42)4-5-30(28)47-25-48-36/h2-5,8,21,23,25,29,31,35H,6-7,9-20,22,24H2,1H3,(H,44,53)(H,45,52)(H,46,55)(H,47,48,49)/t29-,31-,35+/m0/s1. The maximum Gasteiger partial charge on any atom is 0.416 e. The van der Waals surface area contributed by atoms with E-state index in [0.29, 0.717) is 18.5 Å². The van der Waals surface area contributed by atoms with Crippen LogP contribution in [0.25, 0.3) is 10.9 Å². The van der Waals surface area contributed by atoms with Gasteiger partial charge in [0.15, 0.2) is 0 Å². The molecule has 5 amide bonds. The minimum absolute atomic E-state index is 0.0975. The van der Waals surface area contributed by atoms with Gasteiger partial charge in [0.05, 0.1) is 69.3 Å². The lowest BCUT2D eigenvalue weighted by atomic mass is 9.94. The fraction of sp³-hybridized carbons (Fsp3) is 0.538. The first-order valence-electron chi connectivity index (χ1n) is 19.6. The number of amides is 5. The van der Waals surface area contributed by atoms with Crippen LogP contribution in [-0.2, 0) is 49.1 Å². The van der Waals surface area contributed by atoms with Crippen molar-refractivity contribution in [3.63, 3.8) is 0 Å². The summed E-state index contributed by atoms with van der Waals surface area (Å²) in [6.07, 6.45) is 0.671. The van der Waals surface area contributed by atoms with Crippen LogP contribution in [-0.4, -0.2) is 153 Å². The summed E-state index contributed by atoms with van der Waals surface area (Å²) in [5.41, 5.74) is 0.275. The number of likely N-dealkylation sites (tertiary alicyclic amines) is 2. The first-order chi connectivity index (χ1) is 28.9. The largest absolute Gasteiger partial charge is 0.416 e. The van der Waals surface area contributed by atoms with Gasteiger partial charge in [0, 0.05) is 70.4 Å². The number of aromatic nitrogens is 3. The van der Waals surface area contributed by atoms with Gasteiger partial charge < -0.3 is 50.0 Å². The first kappa shape index (κ1) is 45.6. The molecule has 2 aliphatic heterocycles. The summed E-state index contributed by atoms with van der Waals surface area (Å²) in [7, 11) is 1.68. The van der Waals surface area contributed by atoms with Crippen LogP contribution in [0.5, 0.6) is 0 Å². The second-order valence-electron chi connectivity index (χ2n) is 13.9. The van der Waals surface area contributed by atoms with Crippen LogP contribution < -0.4 is 21.3 Å². The van der Waals surface area contributed by atoms with Gasteiger partial charge in [0.2, 0.25) is 29.5 Å². The van der Waals surface area contributed by atoms with Gasteiger partial charge in [-0.15, -0.1) is 0 Å². The lowest BCUT2D eigenvalue weighted by Crippen LogP contribution is -2.39. The number of halogens is 3. The van der Waals surface area contributed by atoms with E-state index in [2.05, 4.69) is 36.2 Å². The molecule has 2 saturated heterocycles. The smallest absolute Gasteiger partial charge is 0.379 e. The van der Waals surface area contributed by atoms with Gasteiger partial charge in [-0.3, -0.25) is 29.0 Å². The quantitative estimate of drug-likeness (QED) is 0.0931. The Kier molecular flexibility index (Phi) is 17.3. The SMILES string of the molecule is CN1C(=O)C[C@H](C(=O)NCCOCCOCCC(=O)NCCOCCOCC(=O)NCCN2CC[C@H](Nc3ncnc4ccc(C(F)(F)F)cc34)C2=O)[C@H]1c1cccnc1. The lowest BCUT2D eigenvalue weighted by Gasteiger charge is -2.24. The Morgan fingerprint density at radius 3 is 2.32 bits per heavy atom. The number of rotatable bonds is 24. The normalized spacial score (nSPS) is 18.0. The monoisotopic (exact) mass is 845 g/mol. The Morgan fingerprint density at radius 1 is 0.867 bits per heavy atom. The number of hydrogen-bond acceptors (Lipinski definition) is 13. The average molecular weight is 846 g/mol. The Bertz CT molecular complexity index is 1910. The first-order valence-corrected chi connectivity index (χ1v) is 19.6. The number of pyridine rings is 1. The highest BCUT2D eigenvalue weighted by Gasteiger charge is 2.42. The third-order valence-electron chi connectivity index (χ3n) is 9.79. The highest BCUT2D eigenvalue weighted by atomic mass is 19.4. The predicted molar refractivity (Wildman–Crippen MR) is 208 cm³/mol. The van der Waals surface area contributed by atoms with Gasteiger partial charge in [0.1, 0.15) is 24.8 Å². The Morgan fingerprint density at radius 2 is 1.58 bits per heavy atom. The molecule has 18 nitrogen and oxygen atoms in total. The second-order valence-corrected chi connectivity index (χ2v) is 13.9. The minimum atomic E-state index is -4.54. The van der Waals surface area contributed by atoms with Gasteiger partial charge in [0.25, 0.3) is 0 Å². The van der Waals surface area contributed by atoms with Gasteiger partial charge in [-0.05, 0) is 36.2 Å². The molecule has 2 aliphatic rings. The molecule has 4 N–H and O–H groups in total. The van der Waals surface area contributed by atoms with Crippen LogP contribution in [0, 0.1) is 5.92 Å². The Hall–Kier alpha value is -5.51. The molecule has 0 aliphatic carbocycles. The topological polar surface area (TPSA) is 216 Å². The summed E-state index contributed by atoms with van der Waals surface area (Å²) < 4.78 is 61.4. The van der Waals surface area contributed by atoms with Crippen molar-refractivity contribution in [2.24, 2.45) is 5.92 Å². The number of benzene rings is 1. The van der Waals surface area contributed by atoms with E-state index in [1.165, 1.54) is 12.4 Å². The highest BCUT2D eigenvalue weighted by molar-refractivity contribution is 5.93. The maximum absolute atomic E-state index is 13.3. The number of fused-ring (bicyclic) bond motifs is 1. The van der Waals surface area contributed by atoms with Crippen molar-refractivity contribution in [1.82, 2.24) is 40.7 Å². The molecule has 0 spiro atoms. The van der Waals surface area contributed by atoms with Crippen molar-refractivity contribution in [2.75, 3.05) is 97.9 Å². The van der Waals surface area contributed by atoms with Crippen LogP contribution in [0.3, 0.4) is 0 Å². The van der Waals surface area contributed by atoms with E-state index >= 15 is 0 Å². The molecule has 1 aromatic carbocycles. The van der Waals surface area contributed by atoms with E-state index in [1.807, 2.05) is 6.07 Å². The summed E-state index contributed by atoms with van der Waals surface area (Å²) >= 11 is 0. The van der Waals surface area contributed by atoms with Gasteiger partial charge in [-0.25, -0.2) is 9.97 Å². The van der Waals surface area contributed by atoms with Crippen LogP contribution in [0.2, 0.25) is 0 Å². The van der Waals surface area contributed by atoms with Crippen LogP contribution in [0.1, 0.15) is 36.4 Å². The fourth-order valence-electron chi connectivity index (χ4n) is 6.70. The molecule has 5 rings (SSSR count). The number of hydrogen-bond donors (Lipinski definition) is 4. The molecule has 60 heavy (non-hydrogen) atoms. The molecule has 326 valence electrons. The van der Waals surface area contributed by atoms with E-state index in [0.717, 1.165) is 17.7 Å².